The van der Waals surface area contributed by atoms with Crippen LogP contribution in [0.3, 0.4) is 0 Å². The SMILES string of the molecule is COC(=O)c1ccc(OC(=O)Cc2sc(SC)nc2C)cc1. The standard InChI is InChI=1S/C15H15NO4S2/c1-9-12(22-15(16-9)21-3)8-13(17)20-11-6-4-10(5-7-11)14(18)19-2/h4-7H,8H2,1-3H3. The molecule has 0 aliphatic carbocycles. The summed E-state index contributed by atoms with van der Waals surface area (Å²) in [5.74, 6) is -0.391. The summed E-state index contributed by atoms with van der Waals surface area (Å²) in [5, 5.41) is 0. The van der Waals surface area contributed by atoms with Crippen molar-refractivity contribution in [2.45, 2.75) is 17.7 Å². The molecule has 0 radical (unpaired) electrons. The fourth-order valence-corrected chi connectivity index (χ4v) is 3.37. The normalized spacial score (nSPS) is 10.3. The lowest BCUT2D eigenvalue weighted by Gasteiger charge is -2.04. The number of methoxy groups -OCH3 is 1. The second kappa shape index (κ2) is 7.42. The van der Waals surface area contributed by atoms with Gasteiger partial charge in [-0.2, -0.15) is 0 Å². The zero-order chi connectivity index (χ0) is 16.1. The van der Waals surface area contributed by atoms with Crippen LogP contribution in [0.1, 0.15) is 20.9 Å². The van der Waals surface area contributed by atoms with Gasteiger partial charge in [0.05, 0.1) is 24.8 Å². The Morgan fingerprint density at radius 3 is 2.50 bits per heavy atom. The van der Waals surface area contributed by atoms with E-state index in [9.17, 15) is 9.59 Å². The number of thiazole rings is 1. The quantitative estimate of drug-likeness (QED) is 0.474. The van der Waals surface area contributed by atoms with Gasteiger partial charge < -0.3 is 9.47 Å². The van der Waals surface area contributed by atoms with Crippen LogP contribution in [0.2, 0.25) is 0 Å². The average molecular weight is 337 g/mol. The number of hydrogen-bond donors (Lipinski definition) is 0. The third-order valence-electron chi connectivity index (χ3n) is 2.86. The molecule has 5 nitrogen and oxygen atoms in total. The first-order valence-corrected chi connectivity index (χ1v) is 8.47. The van der Waals surface area contributed by atoms with Gasteiger partial charge >= 0.3 is 11.9 Å². The van der Waals surface area contributed by atoms with E-state index in [2.05, 4.69) is 9.72 Å². The number of carbonyl (C=O) groups is 2. The first-order valence-electron chi connectivity index (χ1n) is 6.43. The van der Waals surface area contributed by atoms with E-state index in [1.807, 2.05) is 13.2 Å². The molecular weight excluding hydrogens is 322 g/mol. The summed E-state index contributed by atoms with van der Waals surface area (Å²) < 4.78 is 10.8. The molecule has 0 fully saturated rings. The van der Waals surface area contributed by atoms with Crippen molar-refractivity contribution in [3.63, 3.8) is 0 Å². The van der Waals surface area contributed by atoms with E-state index in [4.69, 9.17) is 4.74 Å². The van der Waals surface area contributed by atoms with E-state index in [-0.39, 0.29) is 12.4 Å². The molecule has 0 unspecified atom stereocenters. The largest absolute Gasteiger partial charge is 0.465 e. The van der Waals surface area contributed by atoms with E-state index in [0.29, 0.717) is 11.3 Å². The summed E-state index contributed by atoms with van der Waals surface area (Å²) in [6, 6.07) is 6.24. The van der Waals surface area contributed by atoms with Crippen molar-refractivity contribution in [1.29, 1.82) is 0 Å². The zero-order valence-electron chi connectivity index (χ0n) is 12.4. The van der Waals surface area contributed by atoms with Crippen LogP contribution in [0.15, 0.2) is 28.6 Å². The highest BCUT2D eigenvalue weighted by Crippen LogP contribution is 2.26. The summed E-state index contributed by atoms with van der Waals surface area (Å²) in [6.07, 6.45) is 2.13. The molecule has 116 valence electrons. The molecule has 1 heterocycles. The third-order valence-corrected chi connectivity index (χ3v) is 5.00. The molecule has 0 saturated heterocycles. The van der Waals surface area contributed by atoms with Crippen LogP contribution in [0.4, 0.5) is 0 Å². The van der Waals surface area contributed by atoms with Crippen LogP contribution in [0.25, 0.3) is 0 Å². The van der Waals surface area contributed by atoms with Gasteiger partial charge in [0, 0.05) is 4.88 Å². The summed E-state index contributed by atoms with van der Waals surface area (Å²) in [6.45, 7) is 1.88. The molecule has 2 aromatic rings. The van der Waals surface area contributed by atoms with Gasteiger partial charge in [0.15, 0.2) is 0 Å². The maximum atomic E-state index is 12.0. The Kier molecular flexibility index (Phi) is 5.57. The molecule has 0 spiro atoms. The Bertz CT molecular complexity index is 679. The van der Waals surface area contributed by atoms with Crippen molar-refractivity contribution in [2.24, 2.45) is 0 Å². The van der Waals surface area contributed by atoms with Gasteiger partial charge in [-0.05, 0) is 37.4 Å². The number of aromatic nitrogens is 1. The topological polar surface area (TPSA) is 65.5 Å². The number of nitrogens with zero attached hydrogens (tertiary/aromatic N) is 1. The maximum absolute atomic E-state index is 12.0. The first kappa shape index (κ1) is 16.5. The van der Waals surface area contributed by atoms with Crippen molar-refractivity contribution in [1.82, 2.24) is 4.98 Å². The highest BCUT2D eigenvalue weighted by molar-refractivity contribution is 8.00. The second-order valence-corrected chi connectivity index (χ2v) is 6.50. The van der Waals surface area contributed by atoms with Crippen LogP contribution in [0.5, 0.6) is 5.75 Å². The van der Waals surface area contributed by atoms with Crippen LogP contribution in [-0.2, 0) is 16.0 Å². The number of aryl methyl sites for hydroxylation is 1. The van der Waals surface area contributed by atoms with Crippen LogP contribution in [-0.4, -0.2) is 30.3 Å². The molecule has 1 aromatic heterocycles. The minimum atomic E-state index is -0.428. The number of hydrogen-bond acceptors (Lipinski definition) is 7. The first-order chi connectivity index (χ1) is 10.5. The van der Waals surface area contributed by atoms with Gasteiger partial charge in [-0.15, -0.1) is 11.3 Å². The van der Waals surface area contributed by atoms with Gasteiger partial charge in [0.25, 0.3) is 0 Å². The van der Waals surface area contributed by atoms with Gasteiger partial charge in [0.1, 0.15) is 10.1 Å². The minimum absolute atomic E-state index is 0.183. The molecule has 7 heteroatoms. The summed E-state index contributed by atoms with van der Waals surface area (Å²) >= 11 is 3.05. The van der Waals surface area contributed by atoms with E-state index in [0.717, 1.165) is 14.9 Å². The lowest BCUT2D eigenvalue weighted by molar-refractivity contribution is -0.133. The fraction of sp³-hybridized carbons (Fsp3) is 0.267. The molecular formula is C15H15NO4S2. The van der Waals surface area contributed by atoms with Gasteiger partial charge in [-0.25, -0.2) is 9.78 Å². The summed E-state index contributed by atoms with van der Waals surface area (Å²) in [7, 11) is 1.32. The molecule has 0 atom stereocenters. The van der Waals surface area contributed by atoms with Crippen LogP contribution < -0.4 is 4.74 Å². The van der Waals surface area contributed by atoms with Gasteiger partial charge in [-0.3, -0.25) is 4.79 Å². The van der Waals surface area contributed by atoms with Crippen molar-refractivity contribution in [3.05, 3.63) is 40.4 Å². The average Bonchev–Trinajstić information content (AvgIpc) is 2.87. The Morgan fingerprint density at radius 1 is 1.27 bits per heavy atom. The maximum Gasteiger partial charge on any atom is 0.337 e. The monoisotopic (exact) mass is 337 g/mol. The molecule has 1 aromatic carbocycles. The summed E-state index contributed by atoms with van der Waals surface area (Å²) in [5.41, 5.74) is 1.26. The molecule has 0 bridgehead atoms. The Labute approximate surface area is 136 Å². The lowest BCUT2D eigenvalue weighted by Crippen LogP contribution is -2.11. The van der Waals surface area contributed by atoms with E-state index in [1.165, 1.54) is 18.4 Å². The highest BCUT2D eigenvalue weighted by atomic mass is 32.2. The molecule has 0 aliphatic rings. The number of ether oxygens (including phenoxy) is 2. The molecule has 0 N–H and O–H groups in total. The Balaban J connectivity index is 1.99. The Hall–Kier alpha value is -1.86. The Morgan fingerprint density at radius 2 is 1.95 bits per heavy atom. The predicted octanol–water partition coefficient (Wildman–Crippen LogP) is 3.11. The van der Waals surface area contributed by atoms with Crippen molar-refractivity contribution in [2.75, 3.05) is 13.4 Å². The highest BCUT2D eigenvalue weighted by Gasteiger charge is 2.13. The number of esters is 2. The van der Waals surface area contributed by atoms with Crippen molar-refractivity contribution in [3.8, 4) is 5.75 Å². The molecule has 0 amide bonds. The second-order valence-electron chi connectivity index (χ2n) is 4.36. The molecule has 22 heavy (non-hydrogen) atoms. The molecule has 2 rings (SSSR count). The number of thioether (sulfide) groups is 1. The number of rotatable bonds is 5. The van der Waals surface area contributed by atoms with Crippen LogP contribution in [0, 0.1) is 6.92 Å². The molecule has 0 saturated carbocycles. The smallest absolute Gasteiger partial charge is 0.337 e. The predicted molar refractivity (Wildman–Crippen MR) is 85.8 cm³/mol. The minimum Gasteiger partial charge on any atom is -0.465 e. The lowest BCUT2D eigenvalue weighted by atomic mass is 10.2. The third kappa shape index (κ3) is 4.08. The summed E-state index contributed by atoms with van der Waals surface area (Å²) in [4.78, 5) is 28.5. The van der Waals surface area contributed by atoms with Gasteiger partial charge in [-0.1, -0.05) is 11.8 Å². The zero-order valence-corrected chi connectivity index (χ0v) is 14.0. The molecule has 0 aliphatic heterocycles. The van der Waals surface area contributed by atoms with Crippen molar-refractivity contribution >= 4 is 35.0 Å². The van der Waals surface area contributed by atoms with E-state index >= 15 is 0 Å². The van der Waals surface area contributed by atoms with E-state index in [1.54, 1.807) is 36.0 Å². The fourth-order valence-electron chi connectivity index (χ4n) is 1.73. The van der Waals surface area contributed by atoms with Crippen LogP contribution >= 0.6 is 23.1 Å². The van der Waals surface area contributed by atoms with E-state index < -0.39 is 5.97 Å². The number of benzene rings is 1. The van der Waals surface area contributed by atoms with Gasteiger partial charge in [0.2, 0.25) is 0 Å². The van der Waals surface area contributed by atoms with Crippen molar-refractivity contribution < 1.29 is 19.1 Å². The number of carbonyl (C=O) groups excluding carboxylic acids is 2.